The lowest BCUT2D eigenvalue weighted by Crippen LogP contribution is -2.53. The highest BCUT2D eigenvalue weighted by Gasteiger charge is 2.32. The summed E-state index contributed by atoms with van der Waals surface area (Å²) >= 11 is 0. The normalized spacial score (nSPS) is 21.4. The lowest BCUT2D eigenvalue weighted by molar-refractivity contribution is 0.225. The minimum absolute atomic E-state index is 0.0646. The zero-order chi connectivity index (χ0) is 12.4. The maximum absolute atomic E-state index is 6.37. The molecule has 0 aliphatic heterocycles. The average Bonchev–Trinajstić information content (AvgIpc) is 2.46. The molecule has 0 spiro atoms. The van der Waals surface area contributed by atoms with Gasteiger partial charge >= 0.3 is 0 Å². The maximum Gasteiger partial charge on any atom is 0.0281 e. The van der Waals surface area contributed by atoms with Gasteiger partial charge in [0.2, 0.25) is 0 Å². The van der Waals surface area contributed by atoms with Gasteiger partial charge in [-0.3, -0.25) is 0 Å². The van der Waals surface area contributed by atoms with Gasteiger partial charge in [0.25, 0.3) is 0 Å². The topological polar surface area (TPSA) is 38.0 Å². The Kier molecular flexibility index (Phi) is 4.07. The summed E-state index contributed by atoms with van der Waals surface area (Å²) < 4.78 is 0. The Morgan fingerprint density at radius 1 is 1.06 bits per heavy atom. The van der Waals surface area contributed by atoms with Crippen molar-refractivity contribution in [2.24, 2.45) is 11.1 Å². The van der Waals surface area contributed by atoms with Crippen molar-refractivity contribution in [3.63, 3.8) is 0 Å². The fraction of sp³-hybridized carbons (Fsp3) is 1.00. The van der Waals surface area contributed by atoms with Crippen LogP contribution in [0.5, 0.6) is 0 Å². The van der Waals surface area contributed by atoms with Crippen molar-refractivity contribution in [2.75, 3.05) is 6.54 Å². The Morgan fingerprint density at radius 3 is 2.00 bits per heavy atom. The molecule has 2 heteroatoms. The van der Waals surface area contributed by atoms with Gasteiger partial charge in [-0.1, -0.05) is 33.6 Å². The molecule has 0 bridgehead atoms. The van der Waals surface area contributed by atoms with Crippen LogP contribution in [0.4, 0.5) is 0 Å². The van der Waals surface area contributed by atoms with E-state index in [2.05, 4.69) is 39.9 Å². The van der Waals surface area contributed by atoms with Crippen molar-refractivity contribution in [1.29, 1.82) is 0 Å². The molecule has 0 aromatic carbocycles. The fourth-order valence-corrected chi connectivity index (χ4v) is 3.06. The van der Waals surface area contributed by atoms with Crippen molar-refractivity contribution in [3.05, 3.63) is 0 Å². The predicted octanol–water partition coefficient (Wildman–Crippen LogP) is 3.06. The number of nitrogens with two attached hydrogens (primary N) is 1. The molecule has 0 unspecified atom stereocenters. The van der Waals surface area contributed by atoms with E-state index < -0.39 is 0 Å². The van der Waals surface area contributed by atoms with E-state index in [1.807, 2.05) is 0 Å². The highest BCUT2D eigenvalue weighted by Crippen LogP contribution is 2.30. The van der Waals surface area contributed by atoms with Crippen molar-refractivity contribution in [1.82, 2.24) is 5.32 Å². The molecule has 2 nitrogen and oxygen atoms in total. The van der Waals surface area contributed by atoms with E-state index in [-0.39, 0.29) is 11.1 Å². The molecular formula is C14H30N2. The third kappa shape index (κ3) is 4.84. The van der Waals surface area contributed by atoms with E-state index >= 15 is 0 Å². The first-order valence-corrected chi connectivity index (χ1v) is 6.66. The van der Waals surface area contributed by atoms with E-state index in [4.69, 9.17) is 5.73 Å². The van der Waals surface area contributed by atoms with Crippen LogP contribution in [0.3, 0.4) is 0 Å². The van der Waals surface area contributed by atoms with Gasteiger partial charge in [-0.15, -0.1) is 0 Å². The molecule has 0 aromatic rings. The molecule has 1 aliphatic rings. The van der Waals surface area contributed by atoms with Crippen LogP contribution in [0.15, 0.2) is 0 Å². The smallest absolute Gasteiger partial charge is 0.0281 e. The van der Waals surface area contributed by atoms with Crippen LogP contribution >= 0.6 is 0 Å². The standard InChI is InChI=1S/C14H30N2/c1-12(2,3)10-13(4,5)16-11-14(15)8-6-7-9-14/h16H,6-11,15H2,1-5H3. The molecule has 1 fully saturated rings. The van der Waals surface area contributed by atoms with Crippen LogP contribution in [-0.2, 0) is 0 Å². The first-order chi connectivity index (χ1) is 7.12. The predicted molar refractivity (Wildman–Crippen MR) is 71.5 cm³/mol. The summed E-state index contributed by atoms with van der Waals surface area (Å²) in [5.74, 6) is 0. The Balaban J connectivity index is 2.41. The van der Waals surface area contributed by atoms with Crippen molar-refractivity contribution >= 4 is 0 Å². The molecule has 96 valence electrons. The monoisotopic (exact) mass is 226 g/mol. The SMILES string of the molecule is CC(C)(C)CC(C)(C)NCC1(N)CCCC1. The zero-order valence-electron chi connectivity index (χ0n) is 11.8. The van der Waals surface area contributed by atoms with Gasteiger partial charge in [0.15, 0.2) is 0 Å². The molecule has 1 aliphatic carbocycles. The van der Waals surface area contributed by atoms with Crippen molar-refractivity contribution < 1.29 is 0 Å². The van der Waals surface area contributed by atoms with Crippen LogP contribution in [0.2, 0.25) is 0 Å². The van der Waals surface area contributed by atoms with Crippen LogP contribution in [0.1, 0.15) is 66.7 Å². The maximum atomic E-state index is 6.37. The molecule has 0 atom stereocenters. The Hall–Kier alpha value is -0.0800. The lowest BCUT2D eigenvalue weighted by atomic mass is 9.81. The van der Waals surface area contributed by atoms with E-state index in [1.165, 1.54) is 32.1 Å². The summed E-state index contributed by atoms with van der Waals surface area (Å²) in [6.07, 6.45) is 6.16. The van der Waals surface area contributed by atoms with E-state index in [0.717, 1.165) is 6.54 Å². The lowest BCUT2D eigenvalue weighted by Gasteiger charge is -2.36. The van der Waals surface area contributed by atoms with Gasteiger partial charge in [-0.25, -0.2) is 0 Å². The van der Waals surface area contributed by atoms with E-state index in [1.54, 1.807) is 0 Å². The molecule has 0 amide bonds. The molecule has 0 heterocycles. The molecule has 16 heavy (non-hydrogen) atoms. The summed E-state index contributed by atoms with van der Waals surface area (Å²) in [5, 5.41) is 3.67. The number of hydrogen-bond donors (Lipinski definition) is 2. The third-order valence-corrected chi connectivity index (χ3v) is 3.49. The van der Waals surface area contributed by atoms with Crippen molar-refractivity contribution in [3.8, 4) is 0 Å². The second-order valence-corrected chi connectivity index (χ2v) is 7.54. The van der Waals surface area contributed by atoms with Gasteiger partial charge in [0.05, 0.1) is 0 Å². The Labute approximate surface area is 101 Å². The first-order valence-electron chi connectivity index (χ1n) is 6.66. The van der Waals surface area contributed by atoms with Gasteiger partial charge < -0.3 is 11.1 Å². The van der Waals surface area contributed by atoms with Gasteiger partial charge in [0, 0.05) is 17.6 Å². The number of hydrogen-bond acceptors (Lipinski definition) is 2. The van der Waals surface area contributed by atoms with Crippen LogP contribution < -0.4 is 11.1 Å². The molecule has 1 rings (SSSR count). The highest BCUT2D eigenvalue weighted by molar-refractivity contribution is 4.94. The zero-order valence-corrected chi connectivity index (χ0v) is 11.8. The average molecular weight is 226 g/mol. The Morgan fingerprint density at radius 2 is 1.56 bits per heavy atom. The third-order valence-electron chi connectivity index (χ3n) is 3.49. The van der Waals surface area contributed by atoms with Gasteiger partial charge in [-0.05, 0) is 38.5 Å². The van der Waals surface area contributed by atoms with E-state index in [9.17, 15) is 0 Å². The quantitative estimate of drug-likeness (QED) is 0.773. The minimum atomic E-state index is 0.0646. The molecular weight excluding hydrogens is 196 g/mol. The summed E-state index contributed by atoms with van der Waals surface area (Å²) in [6.45, 7) is 12.4. The summed E-state index contributed by atoms with van der Waals surface area (Å²) in [5.41, 5.74) is 6.99. The highest BCUT2D eigenvalue weighted by atomic mass is 15.0. The molecule has 0 aromatic heterocycles. The molecule has 0 saturated heterocycles. The Bertz CT molecular complexity index is 219. The molecule has 1 saturated carbocycles. The van der Waals surface area contributed by atoms with Gasteiger partial charge in [-0.2, -0.15) is 0 Å². The largest absolute Gasteiger partial charge is 0.324 e. The first kappa shape index (κ1) is 14.0. The number of rotatable bonds is 4. The summed E-state index contributed by atoms with van der Waals surface area (Å²) in [4.78, 5) is 0. The van der Waals surface area contributed by atoms with Crippen LogP contribution in [0, 0.1) is 5.41 Å². The second-order valence-electron chi connectivity index (χ2n) is 7.54. The van der Waals surface area contributed by atoms with Crippen LogP contribution in [-0.4, -0.2) is 17.6 Å². The molecule has 3 N–H and O–H groups in total. The number of nitrogens with one attached hydrogen (secondary N) is 1. The van der Waals surface area contributed by atoms with E-state index in [0.29, 0.717) is 5.41 Å². The van der Waals surface area contributed by atoms with Gasteiger partial charge in [0.1, 0.15) is 0 Å². The van der Waals surface area contributed by atoms with Crippen LogP contribution in [0.25, 0.3) is 0 Å². The van der Waals surface area contributed by atoms with Crippen molar-refractivity contribution in [2.45, 2.75) is 77.8 Å². The minimum Gasteiger partial charge on any atom is -0.324 e. The summed E-state index contributed by atoms with van der Waals surface area (Å²) in [7, 11) is 0. The second kappa shape index (κ2) is 4.66. The summed E-state index contributed by atoms with van der Waals surface area (Å²) in [6, 6.07) is 0. The fourth-order valence-electron chi connectivity index (χ4n) is 3.06. The molecule has 0 radical (unpaired) electrons.